The maximum atomic E-state index is 12.6. The Morgan fingerprint density at radius 3 is 2.22 bits per heavy atom. The van der Waals surface area contributed by atoms with Crippen molar-refractivity contribution in [3.05, 3.63) is 34.9 Å². The molecule has 2 saturated heterocycles. The van der Waals surface area contributed by atoms with Crippen molar-refractivity contribution in [3.8, 4) is 0 Å². The highest BCUT2D eigenvalue weighted by atomic mass is 35.5. The van der Waals surface area contributed by atoms with Crippen LogP contribution in [0.4, 0.5) is 0 Å². The van der Waals surface area contributed by atoms with Gasteiger partial charge >= 0.3 is 0 Å². The number of halogens is 2. The Hall–Kier alpha value is -1.30. The van der Waals surface area contributed by atoms with Crippen molar-refractivity contribution in [2.45, 2.75) is 26.2 Å². The van der Waals surface area contributed by atoms with Crippen molar-refractivity contribution in [1.29, 1.82) is 0 Å². The number of carbonyl (C=O) groups excluding carboxylic acids is 2. The molecule has 2 amide bonds. The van der Waals surface area contributed by atoms with E-state index in [0.29, 0.717) is 55.0 Å². The van der Waals surface area contributed by atoms with Gasteiger partial charge in [-0.1, -0.05) is 18.5 Å². The molecule has 3 rings (SSSR count). The first-order valence-electron chi connectivity index (χ1n) is 9.58. The number of hydrogen-bond acceptors (Lipinski definition) is 3. The third-order valence-electron chi connectivity index (χ3n) is 5.70. The number of hydrogen-bond donors (Lipinski definition) is 1. The van der Waals surface area contributed by atoms with Crippen LogP contribution < -0.4 is 5.32 Å². The molecule has 5 nitrogen and oxygen atoms in total. The van der Waals surface area contributed by atoms with Crippen LogP contribution in [0.25, 0.3) is 0 Å². The van der Waals surface area contributed by atoms with Crippen LogP contribution in [0.1, 0.15) is 36.5 Å². The predicted molar refractivity (Wildman–Crippen MR) is 111 cm³/mol. The molecule has 1 aromatic rings. The van der Waals surface area contributed by atoms with Crippen molar-refractivity contribution >= 4 is 35.8 Å². The Morgan fingerprint density at radius 1 is 1.07 bits per heavy atom. The standard InChI is InChI=1S/C20H28ClN3O2.ClH/c1-15(16-6-8-22-9-7-16)14-19(25)23-10-12-24(13-11-23)20(26)17-2-4-18(21)5-3-17;/h2-5,15-16,22H,6-14H2,1H3;1H. The molecule has 0 saturated carbocycles. The summed E-state index contributed by atoms with van der Waals surface area (Å²) >= 11 is 5.88. The number of benzene rings is 1. The van der Waals surface area contributed by atoms with Crippen LogP contribution in [0.15, 0.2) is 24.3 Å². The largest absolute Gasteiger partial charge is 0.339 e. The zero-order valence-electron chi connectivity index (χ0n) is 15.8. The van der Waals surface area contributed by atoms with Gasteiger partial charge in [0.2, 0.25) is 5.91 Å². The van der Waals surface area contributed by atoms with Gasteiger partial charge in [0.05, 0.1) is 0 Å². The van der Waals surface area contributed by atoms with E-state index in [-0.39, 0.29) is 24.2 Å². The molecular formula is C20H29Cl2N3O2. The van der Waals surface area contributed by atoms with Gasteiger partial charge in [0.1, 0.15) is 0 Å². The molecule has 0 spiro atoms. The molecule has 1 N–H and O–H groups in total. The zero-order valence-corrected chi connectivity index (χ0v) is 17.4. The van der Waals surface area contributed by atoms with Gasteiger partial charge in [-0.3, -0.25) is 9.59 Å². The predicted octanol–water partition coefficient (Wildman–Crippen LogP) is 3.07. The molecule has 1 aromatic carbocycles. The summed E-state index contributed by atoms with van der Waals surface area (Å²) in [5, 5.41) is 4.00. The molecule has 27 heavy (non-hydrogen) atoms. The molecule has 2 fully saturated rings. The van der Waals surface area contributed by atoms with E-state index >= 15 is 0 Å². The number of piperazine rings is 1. The highest BCUT2D eigenvalue weighted by molar-refractivity contribution is 6.30. The summed E-state index contributed by atoms with van der Waals surface area (Å²) < 4.78 is 0. The molecule has 0 aliphatic carbocycles. The molecule has 7 heteroatoms. The fourth-order valence-electron chi connectivity index (χ4n) is 3.92. The van der Waals surface area contributed by atoms with Crippen molar-refractivity contribution < 1.29 is 9.59 Å². The molecule has 1 atom stereocenters. The quantitative estimate of drug-likeness (QED) is 0.824. The van der Waals surface area contributed by atoms with E-state index in [4.69, 9.17) is 11.6 Å². The summed E-state index contributed by atoms with van der Waals surface area (Å²) in [7, 11) is 0. The average molecular weight is 414 g/mol. The van der Waals surface area contributed by atoms with Crippen LogP contribution >= 0.6 is 24.0 Å². The Bertz CT molecular complexity index is 625. The first-order valence-corrected chi connectivity index (χ1v) is 9.95. The summed E-state index contributed by atoms with van der Waals surface area (Å²) in [5.74, 6) is 1.32. The Balaban J connectivity index is 0.00000261. The van der Waals surface area contributed by atoms with Gasteiger partial charge in [0.15, 0.2) is 0 Å². The van der Waals surface area contributed by atoms with E-state index in [0.717, 1.165) is 25.9 Å². The molecule has 2 aliphatic rings. The molecule has 0 bridgehead atoms. The number of rotatable bonds is 4. The summed E-state index contributed by atoms with van der Waals surface area (Å²) in [6.07, 6.45) is 2.95. The van der Waals surface area contributed by atoms with Crippen LogP contribution in [-0.4, -0.2) is 60.9 Å². The average Bonchev–Trinajstić information content (AvgIpc) is 2.69. The summed E-state index contributed by atoms with van der Waals surface area (Å²) in [6.45, 7) is 6.76. The highest BCUT2D eigenvalue weighted by Gasteiger charge is 2.28. The number of piperidine rings is 1. The summed E-state index contributed by atoms with van der Waals surface area (Å²) in [4.78, 5) is 28.9. The second-order valence-corrected chi connectivity index (χ2v) is 7.89. The SMILES string of the molecule is CC(CC(=O)N1CCN(C(=O)c2ccc(Cl)cc2)CC1)C1CCNCC1.Cl. The van der Waals surface area contributed by atoms with Gasteiger partial charge in [-0.05, 0) is 62.0 Å². The summed E-state index contributed by atoms with van der Waals surface area (Å²) in [5.41, 5.74) is 0.647. The fraction of sp³-hybridized carbons (Fsp3) is 0.600. The first-order chi connectivity index (χ1) is 12.5. The molecular weight excluding hydrogens is 385 g/mol. The van der Waals surface area contributed by atoms with Crippen molar-refractivity contribution in [2.75, 3.05) is 39.3 Å². The highest BCUT2D eigenvalue weighted by Crippen LogP contribution is 2.25. The third kappa shape index (κ3) is 5.84. The third-order valence-corrected chi connectivity index (χ3v) is 5.95. The van der Waals surface area contributed by atoms with Gasteiger partial charge in [0.25, 0.3) is 5.91 Å². The Kier molecular flexibility index (Phi) is 8.39. The lowest BCUT2D eigenvalue weighted by atomic mass is 9.84. The van der Waals surface area contributed by atoms with Gasteiger partial charge in [-0.15, -0.1) is 12.4 Å². The minimum atomic E-state index is 0. The topological polar surface area (TPSA) is 52.7 Å². The Morgan fingerprint density at radius 2 is 1.63 bits per heavy atom. The van der Waals surface area contributed by atoms with E-state index < -0.39 is 0 Å². The monoisotopic (exact) mass is 413 g/mol. The number of carbonyl (C=O) groups is 2. The second-order valence-electron chi connectivity index (χ2n) is 7.45. The molecule has 2 aliphatic heterocycles. The van der Waals surface area contributed by atoms with Gasteiger partial charge in [0, 0.05) is 43.2 Å². The number of nitrogens with zero attached hydrogens (tertiary/aromatic N) is 2. The maximum absolute atomic E-state index is 12.6. The molecule has 150 valence electrons. The van der Waals surface area contributed by atoms with Gasteiger partial charge in [-0.25, -0.2) is 0 Å². The first kappa shape index (κ1) is 22.0. The van der Waals surface area contributed by atoms with Crippen LogP contribution in [0.5, 0.6) is 0 Å². The second kappa shape index (κ2) is 10.3. The van der Waals surface area contributed by atoms with Crippen molar-refractivity contribution in [1.82, 2.24) is 15.1 Å². The normalized spacial score (nSPS) is 19.3. The maximum Gasteiger partial charge on any atom is 0.253 e. The number of nitrogens with one attached hydrogen (secondary N) is 1. The fourth-order valence-corrected chi connectivity index (χ4v) is 4.04. The smallest absolute Gasteiger partial charge is 0.253 e. The van der Waals surface area contributed by atoms with Crippen LogP contribution in [0.3, 0.4) is 0 Å². The lowest BCUT2D eigenvalue weighted by Crippen LogP contribution is -2.51. The zero-order chi connectivity index (χ0) is 18.5. The lowest BCUT2D eigenvalue weighted by Gasteiger charge is -2.36. The number of amides is 2. The Labute approximate surface area is 172 Å². The van der Waals surface area contributed by atoms with Crippen LogP contribution in [-0.2, 0) is 4.79 Å². The van der Waals surface area contributed by atoms with E-state index in [1.165, 1.54) is 0 Å². The van der Waals surface area contributed by atoms with Crippen molar-refractivity contribution in [3.63, 3.8) is 0 Å². The minimum Gasteiger partial charge on any atom is -0.339 e. The lowest BCUT2D eigenvalue weighted by molar-refractivity contribution is -0.134. The molecule has 1 unspecified atom stereocenters. The van der Waals surface area contributed by atoms with E-state index in [2.05, 4.69) is 12.2 Å². The van der Waals surface area contributed by atoms with E-state index in [9.17, 15) is 9.59 Å². The van der Waals surface area contributed by atoms with E-state index in [1.807, 2.05) is 9.80 Å². The van der Waals surface area contributed by atoms with Gasteiger partial charge < -0.3 is 15.1 Å². The minimum absolute atomic E-state index is 0. The molecule has 0 radical (unpaired) electrons. The molecule has 2 heterocycles. The van der Waals surface area contributed by atoms with Crippen LogP contribution in [0, 0.1) is 11.8 Å². The van der Waals surface area contributed by atoms with Crippen LogP contribution in [0.2, 0.25) is 5.02 Å². The van der Waals surface area contributed by atoms with Crippen molar-refractivity contribution in [2.24, 2.45) is 11.8 Å². The van der Waals surface area contributed by atoms with E-state index in [1.54, 1.807) is 24.3 Å². The van der Waals surface area contributed by atoms with Gasteiger partial charge in [-0.2, -0.15) is 0 Å². The summed E-state index contributed by atoms with van der Waals surface area (Å²) in [6, 6.07) is 6.97. The molecule has 0 aromatic heterocycles.